The number of hydrogen-bond acceptors (Lipinski definition) is 6. The maximum atomic E-state index is 12.9. The summed E-state index contributed by atoms with van der Waals surface area (Å²) in [7, 11) is 0. The van der Waals surface area contributed by atoms with Crippen LogP contribution in [0.25, 0.3) is 0 Å². The lowest BCUT2D eigenvalue weighted by atomic mass is 10.0. The first-order valence-electron chi connectivity index (χ1n) is 33.2. The summed E-state index contributed by atoms with van der Waals surface area (Å²) in [5, 5.41) is 0. The van der Waals surface area contributed by atoms with Gasteiger partial charge in [0, 0.05) is 19.3 Å². The minimum atomic E-state index is -0.768. The first-order chi connectivity index (χ1) is 36.0. The zero-order valence-corrected chi connectivity index (χ0v) is 49.7. The second-order valence-corrected chi connectivity index (χ2v) is 22.7. The normalized spacial score (nSPS) is 12.0. The van der Waals surface area contributed by atoms with Gasteiger partial charge in [0.2, 0.25) is 0 Å². The molecule has 1 unspecified atom stereocenters. The van der Waals surface area contributed by atoms with Crippen molar-refractivity contribution in [3.05, 3.63) is 12.2 Å². The SMILES string of the molecule is CCC/C=C\CCCCCCCC(=O)OCC(COC(=O)CCCCCCCCCCCCCCCCCCCCCCCCCCCCCCC)OC(=O)CCCCCCCCCCCCCCCCCC. The van der Waals surface area contributed by atoms with E-state index in [1.54, 1.807) is 0 Å². The van der Waals surface area contributed by atoms with Crippen molar-refractivity contribution in [1.29, 1.82) is 0 Å². The lowest BCUT2D eigenvalue weighted by molar-refractivity contribution is -0.167. The summed E-state index contributed by atoms with van der Waals surface area (Å²) in [4.78, 5) is 38.2. The van der Waals surface area contributed by atoms with E-state index in [0.29, 0.717) is 19.3 Å². The predicted molar refractivity (Wildman–Crippen MR) is 317 cm³/mol. The van der Waals surface area contributed by atoms with Crippen LogP contribution in [0.3, 0.4) is 0 Å². The molecule has 0 aliphatic rings. The molecule has 0 amide bonds. The maximum Gasteiger partial charge on any atom is 0.306 e. The fourth-order valence-corrected chi connectivity index (χ4v) is 10.3. The minimum absolute atomic E-state index is 0.0664. The Bertz CT molecular complexity index is 1130. The molecule has 0 spiro atoms. The van der Waals surface area contributed by atoms with Gasteiger partial charge in [-0.25, -0.2) is 0 Å². The summed E-state index contributed by atoms with van der Waals surface area (Å²) >= 11 is 0. The highest BCUT2D eigenvalue weighted by atomic mass is 16.6. The molecule has 0 aromatic rings. The van der Waals surface area contributed by atoms with Gasteiger partial charge in [-0.1, -0.05) is 335 Å². The van der Waals surface area contributed by atoms with Gasteiger partial charge in [0.1, 0.15) is 13.2 Å². The summed E-state index contributed by atoms with van der Waals surface area (Å²) in [6, 6.07) is 0. The van der Waals surface area contributed by atoms with Crippen molar-refractivity contribution in [1.82, 2.24) is 0 Å². The van der Waals surface area contributed by atoms with Crippen molar-refractivity contribution < 1.29 is 28.6 Å². The van der Waals surface area contributed by atoms with Crippen LogP contribution >= 0.6 is 0 Å². The van der Waals surface area contributed by atoms with Gasteiger partial charge in [-0.05, 0) is 38.5 Å². The van der Waals surface area contributed by atoms with E-state index in [9.17, 15) is 14.4 Å². The van der Waals surface area contributed by atoms with Gasteiger partial charge in [-0.15, -0.1) is 0 Å². The summed E-state index contributed by atoms with van der Waals surface area (Å²) in [6.07, 6.45) is 74.0. The first kappa shape index (κ1) is 71.2. The Morgan fingerprint density at radius 1 is 0.260 bits per heavy atom. The Balaban J connectivity index is 4.06. The van der Waals surface area contributed by atoms with Gasteiger partial charge in [-0.3, -0.25) is 14.4 Å². The van der Waals surface area contributed by atoms with Crippen LogP contribution in [-0.4, -0.2) is 37.2 Å². The van der Waals surface area contributed by atoms with Crippen LogP contribution in [0.15, 0.2) is 12.2 Å². The van der Waals surface area contributed by atoms with Gasteiger partial charge in [0.15, 0.2) is 6.10 Å². The largest absolute Gasteiger partial charge is 0.462 e. The Labute approximate surface area is 456 Å². The summed E-state index contributed by atoms with van der Waals surface area (Å²) in [5.74, 6) is -0.849. The van der Waals surface area contributed by atoms with Crippen molar-refractivity contribution in [2.75, 3.05) is 13.2 Å². The molecular weight excluding hydrogens is 901 g/mol. The molecule has 0 N–H and O–H groups in total. The molecule has 0 heterocycles. The van der Waals surface area contributed by atoms with Gasteiger partial charge in [0.05, 0.1) is 0 Å². The monoisotopic (exact) mass is 1030 g/mol. The van der Waals surface area contributed by atoms with Crippen molar-refractivity contribution >= 4 is 17.9 Å². The second kappa shape index (κ2) is 62.7. The highest BCUT2D eigenvalue weighted by Crippen LogP contribution is 2.19. The number of carbonyl (C=O) groups excluding carboxylic acids is 3. The lowest BCUT2D eigenvalue weighted by Gasteiger charge is -2.18. The van der Waals surface area contributed by atoms with Crippen LogP contribution in [0.4, 0.5) is 0 Å². The molecule has 0 aromatic carbocycles. The first-order valence-corrected chi connectivity index (χ1v) is 33.2. The van der Waals surface area contributed by atoms with Crippen LogP contribution in [0.2, 0.25) is 0 Å². The number of ether oxygens (including phenoxy) is 3. The smallest absolute Gasteiger partial charge is 0.306 e. The molecule has 1 atom stereocenters. The van der Waals surface area contributed by atoms with E-state index < -0.39 is 6.10 Å². The molecule has 432 valence electrons. The van der Waals surface area contributed by atoms with Crippen molar-refractivity contribution in [2.45, 2.75) is 386 Å². The molecule has 0 aliphatic carbocycles. The number of carbonyl (C=O) groups is 3. The molecule has 73 heavy (non-hydrogen) atoms. The van der Waals surface area contributed by atoms with E-state index in [4.69, 9.17) is 14.2 Å². The van der Waals surface area contributed by atoms with E-state index in [1.807, 2.05) is 0 Å². The number of hydrogen-bond donors (Lipinski definition) is 0. The molecular formula is C67H128O6. The highest BCUT2D eigenvalue weighted by Gasteiger charge is 2.19. The highest BCUT2D eigenvalue weighted by molar-refractivity contribution is 5.71. The van der Waals surface area contributed by atoms with E-state index in [1.165, 1.54) is 270 Å². The van der Waals surface area contributed by atoms with Crippen LogP contribution in [0.5, 0.6) is 0 Å². The third kappa shape index (κ3) is 60.9. The summed E-state index contributed by atoms with van der Waals surface area (Å²) in [5.41, 5.74) is 0. The summed E-state index contributed by atoms with van der Waals surface area (Å²) in [6.45, 7) is 6.65. The number of unbranched alkanes of at least 4 members (excludes halogenated alkanes) is 49. The van der Waals surface area contributed by atoms with Crippen molar-refractivity contribution in [3.8, 4) is 0 Å². The van der Waals surface area contributed by atoms with Gasteiger partial charge < -0.3 is 14.2 Å². The standard InChI is InChI=1S/C67H128O6/c1-4-7-10-13-16-19-22-24-26-28-29-30-31-32-33-34-35-36-37-38-39-40-42-43-45-48-51-54-57-60-66(69)72-63-64(62-71-65(68)59-56-53-50-47-21-18-15-12-9-6-3)73-67(70)61-58-55-52-49-46-44-41-27-25-23-20-17-14-11-8-5-2/h12,15,64H,4-11,13-14,16-63H2,1-3H3/b15-12-. The number of rotatable bonds is 62. The van der Waals surface area contributed by atoms with Crippen LogP contribution in [0, 0.1) is 0 Å². The second-order valence-electron chi connectivity index (χ2n) is 22.7. The Morgan fingerprint density at radius 3 is 0.740 bits per heavy atom. The number of allylic oxidation sites excluding steroid dienone is 2. The summed E-state index contributed by atoms with van der Waals surface area (Å²) < 4.78 is 16.9. The molecule has 6 heteroatoms. The molecule has 0 aromatic heterocycles. The quantitative estimate of drug-likeness (QED) is 0.0261. The predicted octanol–water partition coefficient (Wildman–Crippen LogP) is 22.4. The van der Waals surface area contributed by atoms with E-state index >= 15 is 0 Å². The third-order valence-corrected chi connectivity index (χ3v) is 15.3. The molecule has 0 saturated carbocycles. The molecule has 0 fully saturated rings. The molecule has 0 saturated heterocycles. The lowest BCUT2D eigenvalue weighted by Crippen LogP contribution is -2.30. The van der Waals surface area contributed by atoms with Crippen LogP contribution in [-0.2, 0) is 28.6 Å². The van der Waals surface area contributed by atoms with Crippen LogP contribution in [0.1, 0.15) is 380 Å². The van der Waals surface area contributed by atoms with E-state index in [2.05, 4.69) is 32.9 Å². The fraction of sp³-hybridized carbons (Fsp3) is 0.925. The van der Waals surface area contributed by atoms with E-state index in [-0.39, 0.29) is 31.1 Å². The Kier molecular flexibility index (Phi) is 61.1. The van der Waals surface area contributed by atoms with Gasteiger partial charge in [0.25, 0.3) is 0 Å². The van der Waals surface area contributed by atoms with Crippen LogP contribution < -0.4 is 0 Å². The zero-order valence-electron chi connectivity index (χ0n) is 49.7. The average molecular weight is 1030 g/mol. The molecule has 0 aliphatic heterocycles. The molecule has 0 radical (unpaired) electrons. The van der Waals surface area contributed by atoms with Crippen molar-refractivity contribution in [2.24, 2.45) is 0 Å². The molecule has 6 nitrogen and oxygen atoms in total. The third-order valence-electron chi connectivity index (χ3n) is 15.3. The fourth-order valence-electron chi connectivity index (χ4n) is 10.3. The number of esters is 3. The molecule has 0 rings (SSSR count). The average Bonchev–Trinajstić information content (AvgIpc) is 3.39. The van der Waals surface area contributed by atoms with Gasteiger partial charge >= 0.3 is 17.9 Å². The molecule has 0 bridgehead atoms. The van der Waals surface area contributed by atoms with E-state index in [0.717, 1.165) is 70.6 Å². The Morgan fingerprint density at radius 2 is 0.479 bits per heavy atom. The Hall–Kier alpha value is -1.85. The minimum Gasteiger partial charge on any atom is -0.462 e. The van der Waals surface area contributed by atoms with Crippen molar-refractivity contribution in [3.63, 3.8) is 0 Å². The zero-order chi connectivity index (χ0) is 52.9. The topological polar surface area (TPSA) is 78.9 Å². The van der Waals surface area contributed by atoms with Gasteiger partial charge in [-0.2, -0.15) is 0 Å². The maximum absolute atomic E-state index is 12.9.